The maximum Gasteiger partial charge on any atom is 0.102 e. The van der Waals surface area contributed by atoms with E-state index in [9.17, 15) is 5.11 Å². The molecule has 2 N–H and O–H groups in total. The molecule has 122 valence electrons. The smallest absolute Gasteiger partial charge is 0.102 e. The number of nitrogens with one attached hydrogen (secondary N) is 1. The highest BCUT2D eigenvalue weighted by Gasteiger charge is 2.70. The van der Waals surface area contributed by atoms with E-state index < -0.39 is 0 Å². The van der Waals surface area contributed by atoms with Crippen LogP contribution in [0.5, 0.6) is 0 Å². The number of anilines is 1. The molecule has 3 fully saturated rings. The van der Waals surface area contributed by atoms with Crippen molar-refractivity contribution < 1.29 is 9.59 Å². The summed E-state index contributed by atoms with van der Waals surface area (Å²) in [7, 11) is 2.47. The number of fused-ring (bicyclic) bond motifs is 2. The molecule has 1 aliphatic carbocycles. The van der Waals surface area contributed by atoms with E-state index in [4.69, 9.17) is 0 Å². The second kappa shape index (κ2) is 4.40. The van der Waals surface area contributed by atoms with Crippen LogP contribution in [0.25, 0.3) is 0 Å². The Balaban J connectivity index is 1.74. The van der Waals surface area contributed by atoms with Crippen molar-refractivity contribution in [3.63, 3.8) is 0 Å². The number of quaternary nitrogens is 1. The van der Waals surface area contributed by atoms with Gasteiger partial charge in [-0.1, -0.05) is 24.3 Å². The van der Waals surface area contributed by atoms with Crippen LogP contribution < -0.4 is 5.32 Å². The van der Waals surface area contributed by atoms with Crippen molar-refractivity contribution in [3.8, 4) is 0 Å². The van der Waals surface area contributed by atoms with Gasteiger partial charge in [0.25, 0.3) is 0 Å². The number of para-hydroxylation sites is 1. The van der Waals surface area contributed by atoms with E-state index in [1.807, 2.05) is 0 Å². The van der Waals surface area contributed by atoms with Crippen molar-refractivity contribution in [3.05, 3.63) is 41.5 Å². The van der Waals surface area contributed by atoms with Gasteiger partial charge in [-0.2, -0.15) is 0 Å². The zero-order chi connectivity index (χ0) is 15.8. The monoisotopic (exact) mass is 311 g/mol. The zero-order valence-electron chi connectivity index (χ0n) is 14.1. The topological polar surface area (TPSA) is 32.3 Å². The number of aliphatic hydroxyl groups is 1. The molecule has 3 heterocycles. The number of nitrogens with zero attached hydrogens (tertiary/aromatic N) is 1. The summed E-state index contributed by atoms with van der Waals surface area (Å²) in [6.45, 7) is 4.93. The van der Waals surface area contributed by atoms with E-state index in [0.717, 1.165) is 0 Å². The van der Waals surface area contributed by atoms with Crippen molar-refractivity contribution in [2.24, 2.45) is 11.8 Å². The Labute approximate surface area is 138 Å². The number of rotatable bonds is 1. The van der Waals surface area contributed by atoms with Gasteiger partial charge in [0.2, 0.25) is 0 Å². The number of benzene rings is 1. The lowest BCUT2D eigenvalue weighted by Crippen LogP contribution is -2.67. The molecular weight excluding hydrogens is 284 g/mol. The van der Waals surface area contributed by atoms with Gasteiger partial charge in [-0.15, -0.1) is 0 Å². The summed E-state index contributed by atoms with van der Waals surface area (Å²) in [5, 5.41) is 14.1. The van der Waals surface area contributed by atoms with E-state index in [1.54, 1.807) is 5.57 Å². The lowest BCUT2D eigenvalue weighted by atomic mass is 9.55. The quantitative estimate of drug-likeness (QED) is 0.617. The average molecular weight is 311 g/mol. The number of piperidine rings is 1. The van der Waals surface area contributed by atoms with Gasteiger partial charge in [-0.25, -0.2) is 0 Å². The van der Waals surface area contributed by atoms with Gasteiger partial charge in [0, 0.05) is 37.1 Å². The largest absolute Gasteiger partial charge is 0.396 e. The first kappa shape index (κ1) is 14.1. The highest BCUT2D eigenvalue weighted by molar-refractivity contribution is 5.64. The van der Waals surface area contributed by atoms with Crippen LogP contribution in [0.4, 0.5) is 5.69 Å². The number of aliphatic hydroxyl groups excluding tert-OH is 1. The summed E-state index contributed by atoms with van der Waals surface area (Å²) in [5.74, 6) is 0.899. The molecule has 1 spiro atoms. The van der Waals surface area contributed by atoms with Gasteiger partial charge in [-0.05, 0) is 30.0 Å². The highest BCUT2D eigenvalue weighted by atomic mass is 16.3. The third kappa shape index (κ3) is 1.49. The second-order valence-electron chi connectivity index (χ2n) is 8.39. The average Bonchev–Trinajstić information content (AvgIpc) is 3.08. The van der Waals surface area contributed by atoms with E-state index in [2.05, 4.69) is 49.6 Å². The molecule has 2 saturated heterocycles. The Morgan fingerprint density at radius 1 is 1.39 bits per heavy atom. The molecule has 3 aliphatic heterocycles. The molecule has 1 saturated carbocycles. The molecule has 1 aromatic rings. The molecule has 23 heavy (non-hydrogen) atoms. The molecule has 5 rings (SSSR count). The summed E-state index contributed by atoms with van der Waals surface area (Å²) in [6.07, 6.45) is 4.83. The fourth-order valence-electron chi connectivity index (χ4n) is 6.76. The van der Waals surface area contributed by atoms with Crippen LogP contribution in [-0.2, 0) is 5.41 Å². The van der Waals surface area contributed by atoms with E-state index >= 15 is 0 Å². The van der Waals surface area contributed by atoms with Crippen molar-refractivity contribution in [1.29, 1.82) is 0 Å². The SMILES string of the molecule is C/C=C1\C[N+]2(C)CC[C@]34c5ccccc5N[C@H]3[C@H](CO)[C@H]1C[C@@H]42. The van der Waals surface area contributed by atoms with Gasteiger partial charge in [0.1, 0.15) is 12.6 Å². The molecule has 2 bridgehead atoms. The fraction of sp³-hybridized carbons (Fsp3) is 0.600. The maximum atomic E-state index is 10.3. The minimum atomic E-state index is 0.231. The van der Waals surface area contributed by atoms with Crippen molar-refractivity contribution in [2.75, 3.05) is 32.1 Å². The van der Waals surface area contributed by atoms with Gasteiger partial charge < -0.3 is 14.9 Å². The summed E-state index contributed by atoms with van der Waals surface area (Å²) < 4.78 is 1.20. The molecule has 6 atom stereocenters. The van der Waals surface area contributed by atoms with Crippen LogP contribution in [0.15, 0.2) is 35.9 Å². The molecule has 0 aromatic heterocycles. The van der Waals surface area contributed by atoms with Crippen LogP contribution in [0.1, 0.15) is 25.3 Å². The predicted molar refractivity (Wildman–Crippen MR) is 92.3 cm³/mol. The van der Waals surface area contributed by atoms with Crippen LogP contribution in [0.2, 0.25) is 0 Å². The summed E-state index contributed by atoms with van der Waals surface area (Å²) in [4.78, 5) is 0. The normalized spacial score (nSPS) is 48.0. The Morgan fingerprint density at radius 2 is 2.22 bits per heavy atom. The standard InChI is InChI=1S/C20H27N2O/c1-3-13-11-22(2)9-8-20-16-6-4-5-7-17(16)21-19(20)15(12-23)14(13)10-18(20)22/h3-7,14-15,18-19,21,23H,8-12H2,1-2H3/q+1/b13-3+/t14-,15+,18-,19-,20+,22?/m0/s1. The first-order valence-corrected chi connectivity index (χ1v) is 9.10. The summed E-state index contributed by atoms with van der Waals surface area (Å²) in [5.41, 5.74) is 4.65. The van der Waals surface area contributed by atoms with E-state index in [0.29, 0.717) is 30.5 Å². The third-order valence-electron chi connectivity index (χ3n) is 7.70. The predicted octanol–water partition coefficient (Wildman–Crippen LogP) is 2.53. The fourth-order valence-corrected chi connectivity index (χ4v) is 6.76. The molecule has 3 heteroatoms. The molecule has 4 aliphatic rings. The second-order valence-corrected chi connectivity index (χ2v) is 8.39. The molecular formula is C20H27N2O+. The number of hydrogen-bond acceptors (Lipinski definition) is 2. The molecule has 3 nitrogen and oxygen atoms in total. The summed E-state index contributed by atoms with van der Waals surface area (Å²) >= 11 is 0. The third-order valence-corrected chi connectivity index (χ3v) is 7.70. The van der Waals surface area contributed by atoms with E-state index in [-0.39, 0.29) is 5.41 Å². The first-order chi connectivity index (χ1) is 11.1. The Bertz CT molecular complexity index is 699. The molecule has 0 radical (unpaired) electrons. The zero-order valence-corrected chi connectivity index (χ0v) is 14.1. The van der Waals surface area contributed by atoms with Crippen molar-refractivity contribution in [2.45, 2.75) is 37.3 Å². The minimum Gasteiger partial charge on any atom is -0.396 e. The summed E-state index contributed by atoms with van der Waals surface area (Å²) in [6, 6.07) is 10.0. The van der Waals surface area contributed by atoms with Gasteiger partial charge >= 0.3 is 0 Å². The number of allylic oxidation sites excluding steroid dienone is 1. The Hall–Kier alpha value is -1.32. The molecule has 1 unspecified atom stereocenters. The number of hydrogen-bond donors (Lipinski definition) is 2. The molecule has 1 aromatic carbocycles. The van der Waals surface area contributed by atoms with E-state index in [1.165, 1.54) is 41.7 Å². The highest BCUT2D eigenvalue weighted by Crippen LogP contribution is 2.62. The number of likely N-dealkylation sites (N-methyl/N-ethyl adjacent to an activating group) is 1. The minimum absolute atomic E-state index is 0.231. The molecule has 0 amide bonds. The lowest BCUT2D eigenvalue weighted by molar-refractivity contribution is -0.925. The van der Waals surface area contributed by atoms with Crippen LogP contribution >= 0.6 is 0 Å². The Kier molecular flexibility index (Phi) is 2.69. The van der Waals surface area contributed by atoms with Crippen LogP contribution in [-0.4, -0.2) is 48.4 Å². The van der Waals surface area contributed by atoms with Crippen molar-refractivity contribution in [1.82, 2.24) is 0 Å². The van der Waals surface area contributed by atoms with Gasteiger partial charge in [-0.3, -0.25) is 0 Å². The maximum absolute atomic E-state index is 10.3. The van der Waals surface area contributed by atoms with Gasteiger partial charge in [0.05, 0.1) is 19.0 Å². The Morgan fingerprint density at radius 3 is 3.00 bits per heavy atom. The van der Waals surface area contributed by atoms with Crippen LogP contribution in [0, 0.1) is 11.8 Å². The lowest BCUT2D eigenvalue weighted by Gasteiger charge is -2.56. The van der Waals surface area contributed by atoms with Crippen LogP contribution in [0.3, 0.4) is 0 Å². The van der Waals surface area contributed by atoms with Gasteiger partial charge in [0.15, 0.2) is 0 Å². The van der Waals surface area contributed by atoms with Crippen molar-refractivity contribution >= 4 is 5.69 Å². The first-order valence-electron chi connectivity index (χ1n) is 9.10.